The molecule has 1 amide bonds. The van der Waals surface area contributed by atoms with Crippen LogP contribution in [0.3, 0.4) is 0 Å². The molecule has 3 nitrogen and oxygen atoms in total. The van der Waals surface area contributed by atoms with Crippen LogP contribution >= 0.6 is 0 Å². The van der Waals surface area contributed by atoms with Crippen molar-refractivity contribution < 1.29 is 9.53 Å². The third-order valence-electron chi connectivity index (χ3n) is 0.771. The third kappa shape index (κ3) is 7.17. The lowest BCUT2D eigenvalue weighted by atomic mass is 10.4. The first-order chi connectivity index (χ1) is 4.27. The van der Waals surface area contributed by atoms with Gasteiger partial charge in [0.05, 0.1) is 0 Å². The van der Waals surface area contributed by atoms with Crippen molar-refractivity contribution >= 4 is 5.91 Å². The maximum atomic E-state index is 10.1. The quantitative estimate of drug-likeness (QED) is 0.431. The molecule has 0 spiro atoms. The molecule has 52 valence electrons. The summed E-state index contributed by atoms with van der Waals surface area (Å²) in [5.74, 6) is -0.411. The van der Waals surface area contributed by atoms with Crippen molar-refractivity contribution in [3.8, 4) is 0 Å². The van der Waals surface area contributed by atoms with Crippen molar-refractivity contribution in [3.05, 3.63) is 12.2 Å². The molecule has 0 aromatic carbocycles. The van der Waals surface area contributed by atoms with E-state index < -0.39 is 5.91 Å². The Morgan fingerprint density at radius 3 is 2.89 bits per heavy atom. The minimum absolute atomic E-state index is 0.411. The smallest absolute Gasteiger partial charge is 0.241 e. The van der Waals surface area contributed by atoms with Gasteiger partial charge in [0, 0.05) is 13.7 Å². The SMILES string of the molecule is COCCC=CC(N)=O. The van der Waals surface area contributed by atoms with Crippen LogP contribution in [0.5, 0.6) is 0 Å². The maximum Gasteiger partial charge on any atom is 0.241 e. The summed E-state index contributed by atoms with van der Waals surface area (Å²) >= 11 is 0. The highest BCUT2D eigenvalue weighted by Gasteiger charge is 1.80. The van der Waals surface area contributed by atoms with Crippen molar-refractivity contribution in [3.63, 3.8) is 0 Å². The second-order valence-corrected chi connectivity index (χ2v) is 1.59. The van der Waals surface area contributed by atoms with E-state index in [1.165, 1.54) is 6.08 Å². The van der Waals surface area contributed by atoms with Gasteiger partial charge in [-0.05, 0) is 12.5 Å². The Hall–Kier alpha value is -0.830. The van der Waals surface area contributed by atoms with Gasteiger partial charge in [-0.1, -0.05) is 6.08 Å². The van der Waals surface area contributed by atoms with E-state index in [-0.39, 0.29) is 0 Å². The van der Waals surface area contributed by atoms with E-state index in [2.05, 4.69) is 0 Å². The zero-order valence-corrected chi connectivity index (χ0v) is 5.46. The Morgan fingerprint density at radius 1 is 1.78 bits per heavy atom. The number of hydrogen-bond donors (Lipinski definition) is 1. The lowest BCUT2D eigenvalue weighted by molar-refractivity contribution is -0.113. The van der Waals surface area contributed by atoms with Gasteiger partial charge >= 0.3 is 0 Å². The monoisotopic (exact) mass is 129 g/mol. The Bertz CT molecular complexity index is 110. The highest BCUT2D eigenvalue weighted by molar-refractivity contribution is 5.85. The van der Waals surface area contributed by atoms with E-state index in [9.17, 15) is 4.79 Å². The van der Waals surface area contributed by atoms with E-state index in [1.807, 2.05) is 0 Å². The van der Waals surface area contributed by atoms with Crippen molar-refractivity contribution in [1.29, 1.82) is 0 Å². The molecule has 0 aliphatic rings. The largest absolute Gasteiger partial charge is 0.384 e. The Morgan fingerprint density at radius 2 is 2.44 bits per heavy atom. The molecule has 0 atom stereocenters. The van der Waals surface area contributed by atoms with Crippen LogP contribution in [0.4, 0.5) is 0 Å². The normalized spacial score (nSPS) is 10.3. The summed E-state index contributed by atoms with van der Waals surface area (Å²) in [5, 5.41) is 0. The number of carbonyl (C=O) groups excluding carboxylic acids is 1. The molecule has 0 aliphatic carbocycles. The van der Waals surface area contributed by atoms with Gasteiger partial charge in [0.2, 0.25) is 5.91 Å². The molecule has 0 bridgehead atoms. The average Bonchev–Trinajstić information content (AvgIpc) is 1.80. The molecule has 0 aromatic rings. The van der Waals surface area contributed by atoms with E-state index in [1.54, 1.807) is 13.2 Å². The molecular weight excluding hydrogens is 118 g/mol. The minimum Gasteiger partial charge on any atom is -0.384 e. The lowest BCUT2D eigenvalue weighted by Gasteiger charge is -1.88. The number of nitrogens with two attached hydrogens (primary N) is 1. The molecule has 3 heteroatoms. The Labute approximate surface area is 54.5 Å². The number of amides is 1. The summed E-state index contributed by atoms with van der Waals surface area (Å²) in [4.78, 5) is 10.1. The fraction of sp³-hybridized carbons (Fsp3) is 0.500. The second-order valence-electron chi connectivity index (χ2n) is 1.59. The van der Waals surface area contributed by atoms with Crippen molar-refractivity contribution in [1.82, 2.24) is 0 Å². The van der Waals surface area contributed by atoms with Crippen LogP contribution in [0.25, 0.3) is 0 Å². The van der Waals surface area contributed by atoms with Gasteiger partial charge < -0.3 is 10.5 Å². The van der Waals surface area contributed by atoms with Crippen LogP contribution < -0.4 is 5.73 Å². The van der Waals surface area contributed by atoms with Gasteiger partial charge in [-0.2, -0.15) is 0 Å². The van der Waals surface area contributed by atoms with Crippen molar-refractivity contribution in [2.75, 3.05) is 13.7 Å². The summed E-state index contributed by atoms with van der Waals surface area (Å²) in [6.07, 6.45) is 3.75. The Kier molecular flexibility index (Phi) is 4.82. The number of carbonyl (C=O) groups is 1. The fourth-order valence-corrected chi connectivity index (χ4v) is 0.385. The van der Waals surface area contributed by atoms with Crippen LogP contribution in [0.2, 0.25) is 0 Å². The van der Waals surface area contributed by atoms with Crippen LogP contribution in [0.1, 0.15) is 6.42 Å². The highest BCUT2D eigenvalue weighted by atomic mass is 16.5. The van der Waals surface area contributed by atoms with Crippen LogP contribution in [-0.2, 0) is 9.53 Å². The number of methoxy groups -OCH3 is 1. The Balaban J connectivity index is 3.15. The molecule has 0 heterocycles. The minimum atomic E-state index is -0.411. The molecule has 2 N–H and O–H groups in total. The van der Waals surface area contributed by atoms with E-state index >= 15 is 0 Å². The number of rotatable bonds is 4. The molecular formula is C6H11NO2. The first-order valence-corrected chi connectivity index (χ1v) is 2.72. The summed E-state index contributed by atoms with van der Waals surface area (Å²) in [7, 11) is 1.61. The molecule has 9 heavy (non-hydrogen) atoms. The van der Waals surface area contributed by atoms with Gasteiger partial charge in [-0.25, -0.2) is 0 Å². The predicted octanol–water partition coefficient (Wildman–Crippen LogP) is 0.0644. The topological polar surface area (TPSA) is 52.3 Å². The predicted molar refractivity (Wildman–Crippen MR) is 34.8 cm³/mol. The molecule has 0 radical (unpaired) electrons. The zero-order chi connectivity index (χ0) is 7.11. The number of primary amides is 1. The molecule has 0 saturated heterocycles. The fourth-order valence-electron chi connectivity index (χ4n) is 0.385. The number of ether oxygens (including phenoxy) is 1. The molecule has 0 aromatic heterocycles. The average molecular weight is 129 g/mol. The van der Waals surface area contributed by atoms with Crippen LogP contribution in [0.15, 0.2) is 12.2 Å². The molecule has 0 aliphatic heterocycles. The van der Waals surface area contributed by atoms with E-state index in [0.717, 1.165) is 6.42 Å². The molecule has 0 saturated carbocycles. The lowest BCUT2D eigenvalue weighted by Crippen LogP contribution is -2.05. The maximum absolute atomic E-state index is 10.1. The number of hydrogen-bond acceptors (Lipinski definition) is 2. The van der Waals surface area contributed by atoms with Gasteiger partial charge in [-0.3, -0.25) is 4.79 Å². The summed E-state index contributed by atoms with van der Waals surface area (Å²) < 4.78 is 4.72. The third-order valence-corrected chi connectivity index (χ3v) is 0.771. The van der Waals surface area contributed by atoms with E-state index in [0.29, 0.717) is 6.61 Å². The van der Waals surface area contributed by atoms with Crippen LogP contribution in [-0.4, -0.2) is 19.6 Å². The second kappa shape index (κ2) is 5.31. The summed E-state index contributed by atoms with van der Waals surface area (Å²) in [6, 6.07) is 0. The molecule has 0 fully saturated rings. The zero-order valence-electron chi connectivity index (χ0n) is 5.46. The standard InChI is InChI=1S/C6H11NO2/c1-9-5-3-2-4-6(7)8/h2,4H,3,5H2,1H3,(H2,7,8). The first-order valence-electron chi connectivity index (χ1n) is 2.72. The molecule has 0 rings (SSSR count). The highest BCUT2D eigenvalue weighted by Crippen LogP contribution is 1.81. The van der Waals surface area contributed by atoms with Gasteiger partial charge in [0.15, 0.2) is 0 Å². The van der Waals surface area contributed by atoms with Crippen molar-refractivity contribution in [2.24, 2.45) is 5.73 Å². The van der Waals surface area contributed by atoms with Gasteiger partial charge in [0.25, 0.3) is 0 Å². The van der Waals surface area contributed by atoms with Gasteiger partial charge in [-0.15, -0.1) is 0 Å². The summed E-state index contributed by atoms with van der Waals surface area (Å²) in [5.41, 5.74) is 4.81. The van der Waals surface area contributed by atoms with Crippen LogP contribution in [0, 0.1) is 0 Å². The van der Waals surface area contributed by atoms with Gasteiger partial charge in [0.1, 0.15) is 0 Å². The summed E-state index contributed by atoms with van der Waals surface area (Å²) in [6.45, 7) is 0.629. The van der Waals surface area contributed by atoms with Crippen molar-refractivity contribution in [2.45, 2.75) is 6.42 Å². The van der Waals surface area contributed by atoms with E-state index in [4.69, 9.17) is 10.5 Å². The first kappa shape index (κ1) is 8.17. The molecule has 0 unspecified atom stereocenters.